The normalized spacial score (nSPS) is 23.0. The van der Waals surface area contributed by atoms with Crippen molar-refractivity contribution in [3.05, 3.63) is 64.9 Å². The molecule has 3 aliphatic heterocycles. The van der Waals surface area contributed by atoms with Crippen LogP contribution in [-0.4, -0.2) is 46.4 Å². The SMILES string of the molecule is O=C(Cc1ccccc1Cl)N1C[C@@H]2CC[C@H](C1)N(Cc1ccccn1)C2. The minimum atomic E-state index is 0.190. The summed E-state index contributed by atoms with van der Waals surface area (Å²) in [5.74, 6) is 0.738. The molecule has 1 aromatic heterocycles. The average Bonchev–Trinajstić information content (AvgIpc) is 2.96. The molecule has 2 aromatic rings. The molecular formula is C21H24ClN3O. The fourth-order valence-corrected chi connectivity index (χ4v) is 4.40. The lowest BCUT2D eigenvalue weighted by Gasteiger charge is -2.35. The second kappa shape index (κ2) is 7.77. The zero-order chi connectivity index (χ0) is 17.9. The summed E-state index contributed by atoms with van der Waals surface area (Å²) < 4.78 is 0. The molecule has 4 nitrogen and oxygen atoms in total. The molecule has 3 saturated heterocycles. The van der Waals surface area contributed by atoms with Gasteiger partial charge in [-0.15, -0.1) is 0 Å². The highest BCUT2D eigenvalue weighted by Gasteiger charge is 2.36. The number of carbonyl (C=O) groups is 1. The zero-order valence-corrected chi connectivity index (χ0v) is 15.6. The van der Waals surface area contributed by atoms with Crippen molar-refractivity contribution in [3.8, 4) is 0 Å². The third-order valence-electron chi connectivity index (χ3n) is 5.57. The number of fused-ring (bicyclic) bond motifs is 4. The number of nitrogens with zero attached hydrogens (tertiary/aromatic N) is 3. The van der Waals surface area contributed by atoms with Crippen LogP contribution in [0.5, 0.6) is 0 Å². The Morgan fingerprint density at radius 2 is 1.92 bits per heavy atom. The van der Waals surface area contributed by atoms with Crippen LogP contribution >= 0.6 is 11.6 Å². The maximum Gasteiger partial charge on any atom is 0.227 e. The molecule has 0 N–H and O–H groups in total. The quantitative estimate of drug-likeness (QED) is 0.828. The standard InChI is InChI=1S/C21H24ClN3O/c22-20-7-2-1-5-17(20)11-21(26)25-13-16-8-9-19(15-25)24(12-16)14-18-6-3-4-10-23-18/h1-7,10,16,19H,8-9,11-15H2/t16-,19-/m1/s1. The van der Waals surface area contributed by atoms with Crippen LogP contribution in [0.15, 0.2) is 48.7 Å². The first-order chi connectivity index (χ1) is 12.7. The zero-order valence-electron chi connectivity index (χ0n) is 14.9. The van der Waals surface area contributed by atoms with E-state index in [9.17, 15) is 4.79 Å². The third kappa shape index (κ3) is 3.92. The first kappa shape index (κ1) is 17.5. The molecule has 0 unspecified atom stereocenters. The van der Waals surface area contributed by atoms with Crippen molar-refractivity contribution in [3.63, 3.8) is 0 Å². The van der Waals surface area contributed by atoms with E-state index in [0.717, 1.165) is 43.9 Å². The van der Waals surface area contributed by atoms with Crippen molar-refractivity contribution in [2.45, 2.75) is 31.8 Å². The Labute approximate surface area is 159 Å². The second-order valence-electron chi connectivity index (χ2n) is 7.41. The lowest BCUT2D eigenvalue weighted by Crippen LogP contribution is -2.44. The van der Waals surface area contributed by atoms with E-state index >= 15 is 0 Å². The largest absolute Gasteiger partial charge is 0.341 e. The van der Waals surface area contributed by atoms with Crippen LogP contribution < -0.4 is 0 Å². The number of benzene rings is 1. The number of amides is 1. The molecular weight excluding hydrogens is 346 g/mol. The highest BCUT2D eigenvalue weighted by molar-refractivity contribution is 6.31. The van der Waals surface area contributed by atoms with Crippen LogP contribution in [0.4, 0.5) is 0 Å². The summed E-state index contributed by atoms with van der Waals surface area (Å²) in [5, 5.41) is 0.676. The van der Waals surface area contributed by atoms with Crippen molar-refractivity contribution in [2.75, 3.05) is 19.6 Å². The first-order valence-electron chi connectivity index (χ1n) is 9.34. The number of pyridine rings is 1. The van der Waals surface area contributed by atoms with E-state index in [1.165, 1.54) is 6.42 Å². The number of hydrogen-bond acceptors (Lipinski definition) is 3. The summed E-state index contributed by atoms with van der Waals surface area (Å²) in [6, 6.07) is 14.1. The summed E-state index contributed by atoms with van der Waals surface area (Å²) in [4.78, 5) is 21.9. The van der Waals surface area contributed by atoms with Gasteiger partial charge < -0.3 is 4.90 Å². The molecule has 1 aromatic carbocycles. The molecule has 1 amide bonds. The van der Waals surface area contributed by atoms with Crippen molar-refractivity contribution in [1.82, 2.24) is 14.8 Å². The Bertz CT molecular complexity index is 767. The predicted octanol–water partition coefficient (Wildman–Crippen LogP) is 3.40. The van der Waals surface area contributed by atoms with Gasteiger partial charge in [0.25, 0.3) is 0 Å². The molecule has 5 heteroatoms. The highest BCUT2D eigenvalue weighted by Crippen LogP contribution is 2.29. The van der Waals surface area contributed by atoms with E-state index < -0.39 is 0 Å². The van der Waals surface area contributed by atoms with Crippen LogP contribution in [0, 0.1) is 5.92 Å². The van der Waals surface area contributed by atoms with Gasteiger partial charge in [-0.2, -0.15) is 0 Å². The maximum atomic E-state index is 12.9. The maximum absolute atomic E-state index is 12.9. The third-order valence-corrected chi connectivity index (χ3v) is 5.94. The number of carbonyl (C=O) groups excluding carboxylic acids is 1. The topological polar surface area (TPSA) is 36.4 Å². The molecule has 0 aliphatic carbocycles. The smallest absolute Gasteiger partial charge is 0.227 e. The molecule has 136 valence electrons. The molecule has 26 heavy (non-hydrogen) atoms. The summed E-state index contributed by atoms with van der Waals surface area (Å²) in [6.45, 7) is 3.59. The van der Waals surface area contributed by atoms with Crippen molar-refractivity contribution < 1.29 is 4.79 Å². The molecule has 3 fully saturated rings. The Morgan fingerprint density at radius 1 is 1.08 bits per heavy atom. The number of aromatic nitrogens is 1. The van der Waals surface area contributed by atoms with Crippen molar-refractivity contribution in [2.24, 2.45) is 5.92 Å². The monoisotopic (exact) mass is 369 g/mol. The van der Waals surface area contributed by atoms with Gasteiger partial charge in [-0.25, -0.2) is 0 Å². The van der Waals surface area contributed by atoms with Gasteiger partial charge in [0.05, 0.1) is 12.1 Å². The number of hydrogen-bond donors (Lipinski definition) is 0. The Hall–Kier alpha value is -1.91. The second-order valence-corrected chi connectivity index (χ2v) is 7.82. The molecule has 5 rings (SSSR count). The van der Waals surface area contributed by atoms with Crippen molar-refractivity contribution in [1.29, 1.82) is 0 Å². The lowest BCUT2D eigenvalue weighted by atomic mass is 9.95. The van der Waals surface area contributed by atoms with E-state index in [2.05, 4.69) is 20.9 Å². The van der Waals surface area contributed by atoms with Crippen LogP contribution in [0.25, 0.3) is 0 Å². The van der Waals surface area contributed by atoms with Crippen LogP contribution in [-0.2, 0) is 17.8 Å². The van der Waals surface area contributed by atoms with Gasteiger partial charge in [-0.05, 0) is 42.5 Å². The van der Waals surface area contributed by atoms with Crippen LogP contribution in [0.2, 0.25) is 5.02 Å². The van der Waals surface area contributed by atoms with E-state index in [4.69, 9.17) is 11.6 Å². The molecule has 4 heterocycles. The molecule has 3 aliphatic rings. The van der Waals surface area contributed by atoms with Gasteiger partial charge in [-0.3, -0.25) is 14.7 Å². The summed E-state index contributed by atoms with van der Waals surface area (Å²) in [5.41, 5.74) is 2.02. The predicted molar refractivity (Wildman–Crippen MR) is 103 cm³/mol. The van der Waals surface area contributed by atoms with Crippen molar-refractivity contribution >= 4 is 17.5 Å². The minimum absolute atomic E-state index is 0.190. The minimum Gasteiger partial charge on any atom is -0.341 e. The Kier molecular flexibility index (Phi) is 5.23. The molecule has 2 atom stereocenters. The van der Waals surface area contributed by atoms with Gasteiger partial charge in [-0.1, -0.05) is 35.9 Å². The summed E-state index contributed by atoms with van der Waals surface area (Å²) >= 11 is 6.24. The summed E-state index contributed by atoms with van der Waals surface area (Å²) in [7, 11) is 0. The molecule has 0 radical (unpaired) electrons. The fraction of sp³-hybridized carbons (Fsp3) is 0.429. The van der Waals surface area contributed by atoms with Gasteiger partial charge >= 0.3 is 0 Å². The molecule has 0 spiro atoms. The lowest BCUT2D eigenvalue weighted by molar-refractivity contribution is -0.130. The average molecular weight is 370 g/mol. The van der Waals surface area contributed by atoms with E-state index in [-0.39, 0.29) is 5.91 Å². The molecule has 0 saturated carbocycles. The number of halogens is 1. The Balaban J connectivity index is 1.44. The van der Waals surface area contributed by atoms with E-state index in [1.54, 1.807) is 0 Å². The molecule has 2 bridgehead atoms. The highest BCUT2D eigenvalue weighted by atomic mass is 35.5. The summed E-state index contributed by atoms with van der Waals surface area (Å²) in [6.07, 6.45) is 4.61. The van der Waals surface area contributed by atoms with Gasteiger partial charge in [0.15, 0.2) is 0 Å². The Morgan fingerprint density at radius 3 is 2.73 bits per heavy atom. The van der Waals surface area contributed by atoms with Crippen LogP contribution in [0.1, 0.15) is 24.1 Å². The number of piperidine rings is 1. The van der Waals surface area contributed by atoms with Gasteiger partial charge in [0, 0.05) is 43.4 Å². The van der Waals surface area contributed by atoms with Gasteiger partial charge in [0.1, 0.15) is 0 Å². The first-order valence-corrected chi connectivity index (χ1v) is 9.72. The van der Waals surface area contributed by atoms with Gasteiger partial charge in [0.2, 0.25) is 5.91 Å². The fourth-order valence-electron chi connectivity index (χ4n) is 4.19. The van der Waals surface area contributed by atoms with E-state index in [1.807, 2.05) is 42.6 Å². The number of rotatable bonds is 4. The van der Waals surface area contributed by atoms with Crippen LogP contribution in [0.3, 0.4) is 0 Å². The van der Waals surface area contributed by atoms with E-state index in [0.29, 0.717) is 23.4 Å².